The summed E-state index contributed by atoms with van der Waals surface area (Å²) >= 11 is 0. The average molecular weight is 556 g/mol. The van der Waals surface area contributed by atoms with Gasteiger partial charge >= 0.3 is 12.1 Å². The van der Waals surface area contributed by atoms with Gasteiger partial charge in [-0.25, -0.2) is 4.79 Å². The molecule has 1 unspecified atom stereocenters. The van der Waals surface area contributed by atoms with Crippen molar-refractivity contribution in [1.29, 1.82) is 0 Å². The van der Waals surface area contributed by atoms with Crippen LogP contribution in [-0.2, 0) is 20.7 Å². The largest absolute Gasteiger partial charge is 0.493 e. The first kappa shape index (κ1) is 30.6. The lowest BCUT2D eigenvalue weighted by Gasteiger charge is -2.37. The van der Waals surface area contributed by atoms with Gasteiger partial charge in [0.1, 0.15) is 5.60 Å². The van der Waals surface area contributed by atoms with Crippen molar-refractivity contribution in [3.63, 3.8) is 0 Å². The first-order chi connectivity index (χ1) is 18.9. The van der Waals surface area contributed by atoms with Crippen LogP contribution in [-0.4, -0.2) is 76.0 Å². The number of hydrogen-bond donors (Lipinski definition) is 1. The fraction of sp³-hybridized carbons (Fsp3) is 0.500. The number of benzene rings is 2. The zero-order valence-corrected chi connectivity index (χ0v) is 24.5. The van der Waals surface area contributed by atoms with Crippen LogP contribution in [0.25, 0.3) is 0 Å². The topological polar surface area (TPSA) is 107 Å². The summed E-state index contributed by atoms with van der Waals surface area (Å²) in [5.74, 6) is 0.588. The van der Waals surface area contributed by atoms with Crippen molar-refractivity contribution < 1.29 is 33.3 Å². The number of methoxy groups -OCH3 is 3. The number of ether oxygens (including phenoxy) is 4. The van der Waals surface area contributed by atoms with E-state index in [4.69, 9.17) is 18.9 Å². The Kier molecular flexibility index (Phi) is 10.3. The second-order valence-corrected chi connectivity index (χ2v) is 10.7. The van der Waals surface area contributed by atoms with Gasteiger partial charge in [-0.2, -0.15) is 0 Å². The molecule has 1 aliphatic rings. The van der Waals surface area contributed by atoms with E-state index >= 15 is 0 Å². The standard InChI is InChI=1S/C30H41N3O7/c1-20(22-9-12-25(37-5)26(18-22)38-6)31-28(35)24-19-23(11-8-21(24)10-13-27(34)39-7)32-14-16-33(17-15-32)29(36)40-30(2,3)4/h8-9,11-12,18-20H,10,13-17H2,1-7H3,(H,31,35). The van der Waals surface area contributed by atoms with Gasteiger partial charge in [0.25, 0.3) is 5.91 Å². The van der Waals surface area contributed by atoms with E-state index < -0.39 is 5.60 Å². The van der Waals surface area contributed by atoms with Crippen LogP contribution < -0.4 is 19.7 Å². The highest BCUT2D eigenvalue weighted by atomic mass is 16.6. The van der Waals surface area contributed by atoms with Gasteiger partial charge in [-0.3, -0.25) is 9.59 Å². The van der Waals surface area contributed by atoms with Crippen molar-refractivity contribution in [2.75, 3.05) is 52.4 Å². The Morgan fingerprint density at radius 2 is 1.60 bits per heavy atom. The molecular formula is C30H41N3O7. The third-order valence-corrected chi connectivity index (χ3v) is 6.72. The molecule has 1 heterocycles. The Balaban J connectivity index is 1.79. The fourth-order valence-electron chi connectivity index (χ4n) is 4.48. The van der Waals surface area contributed by atoms with Crippen molar-refractivity contribution in [2.24, 2.45) is 0 Å². The summed E-state index contributed by atoms with van der Waals surface area (Å²) in [5.41, 5.74) is 2.41. The minimum atomic E-state index is -0.551. The molecule has 40 heavy (non-hydrogen) atoms. The molecule has 0 saturated carbocycles. The van der Waals surface area contributed by atoms with Gasteiger partial charge < -0.3 is 34.1 Å². The van der Waals surface area contributed by atoms with Gasteiger partial charge in [0.15, 0.2) is 11.5 Å². The van der Waals surface area contributed by atoms with Crippen LogP contribution in [0.2, 0.25) is 0 Å². The highest BCUT2D eigenvalue weighted by Crippen LogP contribution is 2.30. The predicted molar refractivity (Wildman–Crippen MR) is 152 cm³/mol. The number of amides is 2. The van der Waals surface area contributed by atoms with Crippen LogP contribution in [0.3, 0.4) is 0 Å². The predicted octanol–water partition coefficient (Wildman–Crippen LogP) is 4.36. The summed E-state index contributed by atoms with van der Waals surface area (Å²) in [5, 5.41) is 3.08. The zero-order valence-electron chi connectivity index (χ0n) is 24.5. The highest BCUT2D eigenvalue weighted by Gasteiger charge is 2.27. The number of carbonyl (C=O) groups excluding carboxylic acids is 3. The smallest absolute Gasteiger partial charge is 0.410 e. The summed E-state index contributed by atoms with van der Waals surface area (Å²) in [4.78, 5) is 41.7. The maximum absolute atomic E-state index is 13.6. The van der Waals surface area contributed by atoms with Gasteiger partial charge in [0.2, 0.25) is 0 Å². The Labute approximate surface area is 236 Å². The van der Waals surface area contributed by atoms with Gasteiger partial charge in [-0.15, -0.1) is 0 Å². The Morgan fingerprint density at radius 3 is 2.20 bits per heavy atom. The molecule has 0 radical (unpaired) electrons. The average Bonchev–Trinajstić information content (AvgIpc) is 2.94. The van der Waals surface area contributed by atoms with E-state index in [2.05, 4.69) is 10.2 Å². The summed E-state index contributed by atoms with van der Waals surface area (Å²) in [7, 11) is 4.49. The minimum Gasteiger partial charge on any atom is -0.493 e. The molecule has 1 atom stereocenters. The monoisotopic (exact) mass is 555 g/mol. The first-order valence-corrected chi connectivity index (χ1v) is 13.4. The Hall–Kier alpha value is -3.95. The zero-order chi connectivity index (χ0) is 29.4. The van der Waals surface area contributed by atoms with Crippen molar-refractivity contribution in [3.05, 3.63) is 53.1 Å². The number of rotatable bonds is 9. The van der Waals surface area contributed by atoms with E-state index in [1.165, 1.54) is 7.11 Å². The van der Waals surface area contributed by atoms with Crippen LogP contribution in [0, 0.1) is 0 Å². The van der Waals surface area contributed by atoms with E-state index in [-0.39, 0.29) is 30.4 Å². The van der Waals surface area contributed by atoms with Gasteiger partial charge in [-0.1, -0.05) is 12.1 Å². The minimum absolute atomic E-state index is 0.163. The normalized spacial score (nSPS) is 14.3. The van der Waals surface area contributed by atoms with Crippen LogP contribution >= 0.6 is 0 Å². The van der Waals surface area contributed by atoms with E-state index in [0.29, 0.717) is 49.7 Å². The molecule has 0 aliphatic carbocycles. The fourth-order valence-corrected chi connectivity index (χ4v) is 4.48. The number of piperazine rings is 1. The van der Waals surface area contributed by atoms with E-state index in [0.717, 1.165) is 16.8 Å². The lowest BCUT2D eigenvalue weighted by atomic mass is 9.99. The lowest BCUT2D eigenvalue weighted by molar-refractivity contribution is -0.140. The number of esters is 1. The quantitative estimate of drug-likeness (QED) is 0.455. The van der Waals surface area contributed by atoms with Gasteiger partial charge in [-0.05, 0) is 69.5 Å². The second-order valence-electron chi connectivity index (χ2n) is 10.7. The SMILES string of the molecule is COC(=O)CCc1ccc(N2CCN(C(=O)OC(C)(C)C)CC2)cc1C(=O)NC(C)c1ccc(OC)c(OC)c1. The number of nitrogens with zero attached hydrogens (tertiary/aromatic N) is 2. The molecule has 10 heteroatoms. The molecule has 1 aliphatic heterocycles. The molecule has 2 amide bonds. The van der Waals surface area contributed by atoms with Crippen molar-refractivity contribution >= 4 is 23.7 Å². The third kappa shape index (κ3) is 8.03. The molecule has 0 bridgehead atoms. The van der Waals surface area contributed by atoms with Crippen LogP contribution in [0.1, 0.15) is 61.6 Å². The molecule has 10 nitrogen and oxygen atoms in total. The van der Waals surface area contributed by atoms with Crippen molar-refractivity contribution in [2.45, 2.75) is 52.2 Å². The second kappa shape index (κ2) is 13.4. The van der Waals surface area contributed by atoms with Crippen molar-refractivity contribution in [1.82, 2.24) is 10.2 Å². The van der Waals surface area contributed by atoms with Crippen LogP contribution in [0.5, 0.6) is 11.5 Å². The number of anilines is 1. The summed E-state index contributed by atoms with van der Waals surface area (Å²) in [6.45, 7) is 9.67. The molecule has 2 aromatic rings. The molecular weight excluding hydrogens is 514 g/mol. The molecule has 0 aromatic heterocycles. The Bertz CT molecular complexity index is 1200. The summed E-state index contributed by atoms with van der Waals surface area (Å²) in [6, 6.07) is 10.9. The van der Waals surface area contributed by atoms with Crippen LogP contribution in [0.15, 0.2) is 36.4 Å². The molecule has 1 N–H and O–H groups in total. The van der Waals surface area contributed by atoms with E-state index in [9.17, 15) is 14.4 Å². The lowest BCUT2D eigenvalue weighted by Crippen LogP contribution is -2.50. The number of hydrogen-bond acceptors (Lipinski definition) is 8. The third-order valence-electron chi connectivity index (χ3n) is 6.72. The maximum atomic E-state index is 13.6. The summed E-state index contributed by atoms with van der Waals surface area (Å²) in [6.07, 6.45) is 0.206. The number of aryl methyl sites for hydroxylation is 1. The van der Waals surface area contributed by atoms with E-state index in [1.54, 1.807) is 25.2 Å². The first-order valence-electron chi connectivity index (χ1n) is 13.4. The molecule has 218 valence electrons. The molecule has 1 fully saturated rings. The van der Waals surface area contributed by atoms with Crippen molar-refractivity contribution in [3.8, 4) is 11.5 Å². The number of carbonyl (C=O) groups is 3. The molecule has 1 saturated heterocycles. The molecule has 0 spiro atoms. The number of nitrogens with one attached hydrogen (secondary N) is 1. The Morgan fingerprint density at radius 1 is 0.925 bits per heavy atom. The van der Waals surface area contributed by atoms with Gasteiger partial charge in [0.05, 0.1) is 27.4 Å². The highest BCUT2D eigenvalue weighted by molar-refractivity contribution is 5.97. The van der Waals surface area contributed by atoms with Crippen LogP contribution in [0.4, 0.5) is 10.5 Å². The van der Waals surface area contributed by atoms with Gasteiger partial charge in [0, 0.05) is 43.9 Å². The maximum Gasteiger partial charge on any atom is 0.410 e. The summed E-state index contributed by atoms with van der Waals surface area (Å²) < 4.78 is 21.0. The van der Waals surface area contributed by atoms with E-state index in [1.807, 2.05) is 58.0 Å². The molecule has 2 aromatic carbocycles. The molecule has 3 rings (SSSR count).